The predicted molar refractivity (Wildman–Crippen MR) is 213 cm³/mol. The van der Waals surface area contributed by atoms with E-state index in [-0.39, 0.29) is 17.2 Å². The van der Waals surface area contributed by atoms with Gasteiger partial charge in [-0.15, -0.1) is 4.52 Å². The number of para-hydroxylation sites is 1. The van der Waals surface area contributed by atoms with Gasteiger partial charge in [-0.1, -0.05) is 18.2 Å². The van der Waals surface area contributed by atoms with Crippen molar-refractivity contribution < 1.29 is 27.8 Å². The molecule has 14 nitrogen and oxygen atoms in total. The van der Waals surface area contributed by atoms with Crippen molar-refractivity contribution in [2.75, 3.05) is 0 Å². The first kappa shape index (κ1) is 38.8. The molecule has 7 rings (SSSR count). The number of hydrogen-bond donors (Lipinski definition) is 0. The lowest BCUT2D eigenvalue weighted by atomic mass is 10.2. The van der Waals surface area contributed by atoms with E-state index in [1.54, 1.807) is 146 Å². The zero-order valence-corrected chi connectivity index (χ0v) is 32.5. The molecule has 0 radical (unpaired) electrons. The lowest BCUT2D eigenvalue weighted by molar-refractivity contribution is 0.0545. The predicted octanol–water partition coefficient (Wildman–Crippen LogP) is 10.7. The normalized spacial score (nSPS) is 17.3. The van der Waals surface area contributed by atoms with E-state index < -0.39 is 24.6 Å². The summed E-state index contributed by atoms with van der Waals surface area (Å²) in [7, 11) is -8.96. The van der Waals surface area contributed by atoms with Gasteiger partial charge in [0.05, 0.1) is 58.2 Å². The lowest BCUT2D eigenvalue weighted by Crippen LogP contribution is -2.37. The standard InChI is InChI=1S/C41H25N8O6P3/c42-26-31-6-16-36(17-7-31)50-48-56(52-38-20-10-33(28-44)11-21-38)47-58(54-40-4-2-1-3-5-40,55-41-24-14-35(30-46)15-25-41)49(51-37-18-8-32(27-43)9-19-37)57(48)53-39-22-12-34(29-45)13-23-39/h1-25H. The molecule has 17 heteroatoms. The Morgan fingerprint density at radius 3 is 1.21 bits per heavy atom. The summed E-state index contributed by atoms with van der Waals surface area (Å²) in [5.41, 5.74) is 1.95. The summed E-state index contributed by atoms with van der Waals surface area (Å²) in [6, 6.07) is 51.1. The summed E-state index contributed by atoms with van der Waals surface area (Å²) in [6.07, 6.45) is 0. The highest BCUT2D eigenvalue weighted by Gasteiger charge is 2.58. The molecule has 3 unspecified atom stereocenters. The van der Waals surface area contributed by atoms with Crippen molar-refractivity contribution in [2.24, 2.45) is 4.52 Å². The van der Waals surface area contributed by atoms with Gasteiger partial charge in [-0.3, -0.25) is 0 Å². The van der Waals surface area contributed by atoms with Crippen LogP contribution in [0.1, 0.15) is 27.8 Å². The molecule has 0 aromatic heterocycles. The zero-order chi connectivity index (χ0) is 40.3. The Balaban J connectivity index is 1.49. The van der Waals surface area contributed by atoms with Crippen molar-refractivity contribution in [3.05, 3.63) is 179 Å². The molecule has 6 aromatic carbocycles. The van der Waals surface area contributed by atoms with Crippen LogP contribution < -0.4 is 27.8 Å². The van der Waals surface area contributed by atoms with Crippen molar-refractivity contribution in [1.82, 2.24) is 9.21 Å². The third-order valence-electron chi connectivity index (χ3n) is 7.70. The van der Waals surface area contributed by atoms with E-state index in [0.29, 0.717) is 45.1 Å². The van der Waals surface area contributed by atoms with E-state index in [4.69, 9.17) is 32.3 Å². The Bertz CT molecular complexity index is 2660. The molecule has 1 aliphatic heterocycles. The molecule has 0 amide bonds. The Kier molecular flexibility index (Phi) is 12.1. The van der Waals surface area contributed by atoms with Crippen LogP contribution >= 0.6 is 24.6 Å². The summed E-state index contributed by atoms with van der Waals surface area (Å²) in [6.45, 7) is 0. The Morgan fingerprint density at radius 1 is 0.414 bits per heavy atom. The molecule has 0 fully saturated rings. The summed E-state index contributed by atoms with van der Waals surface area (Å²) in [5.74, 6) is 1.72. The third-order valence-corrected chi connectivity index (χ3v) is 14.6. The molecular formula is C41H25N8O6P3. The van der Waals surface area contributed by atoms with Crippen LogP contribution in [0.2, 0.25) is 0 Å². The minimum absolute atomic E-state index is 0.243. The van der Waals surface area contributed by atoms with Crippen LogP contribution in [0.5, 0.6) is 34.5 Å². The molecule has 3 atom stereocenters. The largest absolute Gasteiger partial charge is 0.447 e. The summed E-state index contributed by atoms with van der Waals surface area (Å²) in [5, 5.41) is 47.7. The molecule has 0 aliphatic carbocycles. The third kappa shape index (κ3) is 9.16. The Labute approximate surface area is 335 Å². The molecule has 6 aromatic rings. The molecular weight excluding hydrogens is 793 g/mol. The molecule has 58 heavy (non-hydrogen) atoms. The van der Waals surface area contributed by atoms with Gasteiger partial charge in [0.2, 0.25) is 0 Å². The van der Waals surface area contributed by atoms with E-state index in [1.165, 1.54) is 9.21 Å². The maximum Gasteiger partial charge on any atom is 0.447 e. The number of rotatable bonds is 12. The first-order valence-electron chi connectivity index (χ1n) is 16.9. The number of nitrogens with zero attached hydrogens (tertiary/aromatic N) is 8. The molecule has 0 saturated heterocycles. The van der Waals surface area contributed by atoms with Gasteiger partial charge in [-0.25, -0.2) is 0 Å². The second-order valence-corrected chi connectivity index (χ2v) is 17.2. The maximum atomic E-state index is 9.56. The van der Waals surface area contributed by atoms with E-state index in [2.05, 4.69) is 30.3 Å². The average molecular weight is 819 g/mol. The van der Waals surface area contributed by atoms with E-state index in [9.17, 15) is 26.3 Å². The molecule has 280 valence electrons. The lowest BCUT2D eigenvalue weighted by Gasteiger charge is -2.43. The van der Waals surface area contributed by atoms with Crippen molar-refractivity contribution in [2.45, 2.75) is 0 Å². The Morgan fingerprint density at radius 2 is 0.776 bits per heavy atom. The van der Waals surface area contributed by atoms with E-state index in [1.807, 2.05) is 6.07 Å². The first-order chi connectivity index (χ1) is 28.4. The summed E-state index contributed by atoms with van der Waals surface area (Å²) in [4.78, 5) is 13.3. The summed E-state index contributed by atoms with van der Waals surface area (Å²) >= 11 is 0. The van der Waals surface area contributed by atoms with Crippen molar-refractivity contribution >= 4 is 24.6 Å². The molecule has 1 aliphatic rings. The number of benzene rings is 6. The SMILES string of the molecule is N#Cc1ccc(ON2P(Oc3ccc(C#N)cc3)N=P(Oc3ccccc3)(Oc3ccc(C#N)cc3)N(Oc3ccc(C#N)cc3)P2Oc2ccc(C#N)cc2)cc1. The van der Waals surface area contributed by atoms with Crippen molar-refractivity contribution in [3.63, 3.8) is 0 Å². The van der Waals surface area contributed by atoms with Crippen LogP contribution in [-0.4, -0.2) is 9.21 Å². The second-order valence-electron chi connectivity index (χ2n) is 11.6. The topological polar surface area (TPSA) is 193 Å². The highest BCUT2D eigenvalue weighted by atomic mass is 31.3. The fraction of sp³-hybridized carbons (Fsp3) is 0. The van der Waals surface area contributed by atoms with Gasteiger partial charge in [-0.2, -0.15) is 26.3 Å². The smallest absolute Gasteiger partial charge is 0.440 e. The molecule has 0 saturated carbocycles. The summed E-state index contributed by atoms with van der Waals surface area (Å²) < 4.78 is 35.0. The number of nitriles is 5. The highest BCUT2D eigenvalue weighted by molar-refractivity contribution is 7.78. The van der Waals surface area contributed by atoms with Crippen LogP contribution in [0.3, 0.4) is 0 Å². The highest BCUT2D eigenvalue weighted by Crippen LogP contribution is 2.77. The van der Waals surface area contributed by atoms with Crippen molar-refractivity contribution in [1.29, 1.82) is 26.3 Å². The van der Waals surface area contributed by atoms with Crippen LogP contribution in [-0.2, 0) is 0 Å². The minimum Gasteiger partial charge on any atom is -0.440 e. The Hall–Kier alpha value is -7.42. The van der Waals surface area contributed by atoms with Crippen LogP contribution in [0.15, 0.2) is 156 Å². The second kappa shape index (κ2) is 18.0. The minimum atomic E-state index is -4.10. The van der Waals surface area contributed by atoms with Gasteiger partial charge in [0, 0.05) is 9.21 Å². The van der Waals surface area contributed by atoms with Crippen LogP contribution in [0, 0.1) is 56.7 Å². The van der Waals surface area contributed by atoms with Gasteiger partial charge in [0.1, 0.15) is 34.5 Å². The molecule has 0 N–H and O–H groups in total. The first-order valence-corrected chi connectivity index (χ1v) is 20.8. The van der Waals surface area contributed by atoms with Gasteiger partial charge < -0.3 is 27.8 Å². The maximum absolute atomic E-state index is 9.56. The average Bonchev–Trinajstić information content (AvgIpc) is 3.27. The van der Waals surface area contributed by atoms with E-state index >= 15 is 0 Å². The fourth-order valence-electron chi connectivity index (χ4n) is 4.88. The zero-order valence-electron chi connectivity index (χ0n) is 29.8. The molecule has 0 spiro atoms. The number of hydrogen-bond acceptors (Lipinski definition) is 14. The van der Waals surface area contributed by atoms with Crippen molar-refractivity contribution in [3.8, 4) is 64.8 Å². The van der Waals surface area contributed by atoms with Crippen LogP contribution in [0.25, 0.3) is 0 Å². The monoisotopic (exact) mass is 818 g/mol. The molecule has 1 heterocycles. The van der Waals surface area contributed by atoms with Crippen LogP contribution in [0.4, 0.5) is 0 Å². The van der Waals surface area contributed by atoms with Gasteiger partial charge in [-0.05, 0) is 133 Å². The molecule has 0 bridgehead atoms. The fourth-order valence-corrected chi connectivity index (χ4v) is 12.4. The van der Waals surface area contributed by atoms with E-state index in [0.717, 1.165) is 0 Å². The quantitative estimate of drug-likeness (QED) is 0.106. The van der Waals surface area contributed by atoms with Gasteiger partial charge in [0.15, 0.2) is 0 Å². The van der Waals surface area contributed by atoms with Gasteiger partial charge >= 0.3 is 24.6 Å². The van der Waals surface area contributed by atoms with Gasteiger partial charge in [0.25, 0.3) is 0 Å².